The van der Waals surface area contributed by atoms with Crippen LogP contribution in [0.2, 0.25) is 0 Å². The Morgan fingerprint density at radius 2 is 0.633 bits per heavy atom. The second-order valence-electron chi connectivity index (χ2n) is 26.3. The van der Waals surface area contributed by atoms with Gasteiger partial charge in [-0.1, -0.05) is 329 Å². The van der Waals surface area contributed by atoms with Gasteiger partial charge >= 0.3 is 11.9 Å². The summed E-state index contributed by atoms with van der Waals surface area (Å²) >= 11 is 0. The van der Waals surface area contributed by atoms with Crippen LogP contribution >= 0.6 is 7.82 Å². The van der Waals surface area contributed by atoms with Crippen molar-refractivity contribution in [3.63, 3.8) is 0 Å². The van der Waals surface area contributed by atoms with E-state index in [0.29, 0.717) is 17.4 Å². The van der Waals surface area contributed by atoms with Crippen LogP contribution in [0.4, 0.5) is 0 Å². The lowest BCUT2D eigenvalue weighted by atomic mass is 10.0. The summed E-state index contributed by atoms with van der Waals surface area (Å²) < 4.78 is 34.4. The van der Waals surface area contributed by atoms with Gasteiger partial charge in [0.05, 0.1) is 27.7 Å². The van der Waals surface area contributed by atoms with Crippen molar-refractivity contribution >= 4 is 19.8 Å². The maximum Gasteiger partial charge on any atom is 0.306 e. The lowest BCUT2D eigenvalue weighted by Gasteiger charge is -2.28. The molecule has 0 N–H and O–H groups in total. The predicted molar refractivity (Wildman–Crippen MR) is 388 cm³/mol. The van der Waals surface area contributed by atoms with Gasteiger partial charge < -0.3 is 27.9 Å². The first kappa shape index (κ1) is 86.7. The van der Waals surface area contributed by atoms with Crippen LogP contribution in [0.3, 0.4) is 0 Å². The third kappa shape index (κ3) is 73.7. The predicted octanol–water partition coefficient (Wildman–Crippen LogP) is 24.2. The normalized spacial score (nSPS) is 13.7. The fraction of sp³-hybridized carbons (Fsp3) is 0.750. The van der Waals surface area contributed by atoms with Crippen molar-refractivity contribution in [2.45, 2.75) is 341 Å². The highest BCUT2D eigenvalue weighted by Gasteiger charge is 2.22. The number of carbonyl (C=O) groups excluding carboxylic acids is 2. The molecule has 2 atom stereocenters. The summed E-state index contributed by atoms with van der Waals surface area (Å²) in [4.78, 5) is 38.1. The van der Waals surface area contributed by atoms with Crippen LogP contribution in [-0.4, -0.2) is 70.0 Å². The standard InChI is InChI=1S/C80H142NO8P/c1-6-8-10-12-14-16-18-20-22-24-26-28-30-32-33-34-35-36-37-38-39-40-41-42-43-44-45-46-47-49-51-53-55-57-59-61-63-65-67-69-71-73-80(83)89-78(77-88-90(84,85)87-75-74-81(3,4)5)76-86-79(82)72-70-68-66-64-62-60-58-56-54-52-50-48-31-29-27-25-23-21-19-17-15-13-11-9-7-2/h8,10,14,16,19-22,25-28,32-33,35-36,38-39,78H,6-7,9,11-13,15,17-18,23-24,29-31,34,37,40-77H2,1-5H3/b10-8-,16-14-,21-19-,22-20-,27-25-,28-26-,33-32-,36-35-,39-38-. The fourth-order valence-corrected chi connectivity index (χ4v) is 11.3. The van der Waals surface area contributed by atoms with E-state index < -0.39 is 26.5 Å². The summed E-state index contributed by atoms with van der Waals surface area (Å²) in [6, 6.07) is 0. The molecular formula is C80H142NO8P. The van der Waals surface area contributed by atoms with Crippen LogP contribution in [0.25, 0.3) is 0 Å². The van der Waals surface area contributed by atoms with Crippen molar-refractivity contribution in [2.24, 2.45) is 0 Å². The Morgan fingerprint density at radius 3 is 0.944 bits per heavy atom. The molecule has 10 heteroatoms. The number of allylic oxidation sites excluding steroid dienone is 18. The largest absolute Gasteiger partial charge is 0.756 e. The summed E-state index contributed by atoms with van der Waals surface area (Å²) in [5, 5.41) is 0. The monoisotopic (exact) mass is 1280 g/mol. The molecule has 0 spiro atoms. The molecule has 0 aliphatic rings. The zero-order chi connectivity index (χ0) is 65.5. The maximum atomic E-state index is 12.9. The van der Waals surface area contributed by atoms with Gasteiger partial charge in [0.15, 0.2) is 6.10 Å². The van der Waals surface area contributed by atoms with Gasteiger partial charge in [0.2, 0.25) is 0 Å². The van der Waals surface area contributed by atoms with Gasteiger partial charge in [-0.15, -0.1) is 0 Å². The second-order valence-corrected chi connectivity index (χ2v) is 27.7. The highest BCUT2D eigenvalue weighted by atomic mass is 31.2. The Labute approximate surface area is 556 Å². The molecule has 0 aromatic rings. The third-order valence-corrected chi connectivity index (χ3v) is 17.2. The molecule has 90 heavy (non-hydrogen) atoms. The minimum absolute atomic E-state index is 0.0323. The number of unbranched alkanes of at least 4 members (excludes halogenated alkanes) is 37. The average Bonchev–Trinajstić information content (AvgIpc) is 3.62. The molecule has 0 bridgehead atoms. The van der Waals surface area contributed by atoms with Gasteiger partial charge in [0.25, 0.3) is 7.82 Å². The van der Waals surface area contributed by atoms with Crippen molar-refractivity contribution in [1.29, 1.82) is 0 Å². The van der Waals surface area contributed by atoms with Gasteiger partial charge in [-0.05, 0) is 103 Å². The van der Waals surface area contributed by atoms with Crippen molar-refractivity contribution in [2.75, 3.05) is 47.5 Å². The van der Waals surface area contributed by atoms with E-state index in [1.807, 2.05) is 21.1 Å². The van der Waals surface area contributed by atoms with E-state index in [-0.39, 0.29) is 32.0 Å². The third-order valence-electron chi connectivity index (χ3n) is 16.3. The Morgan fingerprint density at radius 1 is 0.356 bits per heavy atom. The fourth-order valence-electron chi connectivity index (χ4n) is 10.6. The molecule has 0 heterocycles. The molecule has 0 aliphatic heterocycles. The first-order valence-corrected chi connectivity index (χ1v) is 39.1. The lowest BCUT2D eigenvalue weighted by molar-refractivity contribution is -0.870. The minimum Gasteiger partial charge on any atom is -0.756 e. The van der Waals surface area contributed by atoms with Crippen LogP contribution in [0, 0.1) is 0 Å². The number of quaternary nitrogens is 1. The van der Waals surface area contributed by atoms with E-state index in [1.54, 1.807) is 0 Å². The Balaban J connectivity index is 3.97. The van der Waals surface area contributed by atoms with Crippen LogP contribution < -0.4 is 4.89 Å². The first-order chi connectivity index (χ1) is 44.0. The average molecular weight is 1280 g/mol. The molecule has 9 nitrogen and oxygen atoms in total. The molecule has 0 fully saturated rings. The lowest BCUT2D eigenvalue weighted by Crippen LogP contribution is -2.37. The van der Waals surface area contributed by atoms with E-state index >= 15 is 0 Å². The number of hydrogen-bond acceptors (Lipinski definition) is 8. The number of carbonyl (C=O) groups is 2. The number of nitrogens with zero attached hydrogens (tertiary/aromatic N) is 1. The summed E-state index contributed by atoms with van der Waals surface area (Å²) in [5.41, 5.74) is 0. The molecule has 0 aliphatic carbocycles. The molecule has 2 unspecified atom stereocenters. The highest BCUT2D eigenvalue weighted by Crippen LogP contribution is 2.38. The molecule has 0 radical (unpaired) electrons. The van der Waals surface area contributed by atoms with Gasteiger partial charge in [0.1, 0.15) is 19.8 Å². The molecule has 0 aromatic heterocycles. The topological polar surface area (TPSA) is 111 Å². The SMILES string of the molecule is CC/C=C\C/C=C\C/C=C\C/C=C\C/C=C\C/C=C\C/C=C\CCCCCCCCCCCCCCCCCCCCCC(=O)OC(COC(=O)CCCCCCCCCCCCCCC/C=C\C/C=C\CCCCCCC)COP(=O)([O-])OCC[N+](C)(C)C. The summed E-state index contributed by atoms with van der Waals surface area (Å²) in [6.45, 7) is 4.15. The smallest absolute Gasteiger partial charge is 0.306 e. The van der Waals surface area contributed by atoms with E-state index in [4.69, 9.17) is 18.5 Å². The molecule has 0 saturated carbocycles. The number of likely N-dealkylation sites (N-methyl/N-ethyl adjacent to an activating group) is 1. The highest BCUT2D eigenvalue weighted by molar-refractivity contribution is 7.45. The van der Waals surface area contributed by atoms with Gasteiger partial charge in [-0.25, -0.2) is 0 Å². The van der Waals surface area contributed by atoms with Gasteiger partial charge in [-0.2, -0.15) is 0 Å². The molecule has 0 saturated heterocycles. The number of hydrogen-bond donors (Lipinski definition) is 0. The zero-order valence-corrected chi connectivity index (χ0v) is 60.2. The molecule has 0 amide bonds. The molecule has 0 rings (SSSR count). The second kappa shape index (κ2) is 70.0. The van der Waals surface area contributed by atoms with Crippen molar-refractivity contribution < 1.29 is 42.1 Å². The van der Waals surface area contributed by atoms with Crippen LogP contribution in [0.5, 0.6) is 0 Å². The van der Waals surface area contributed by atoms with Crippen LogP contribution in [-0.2, 0) is 32.7 Å². The zero-order valence-electron chi connectivity index (χ0n) is 59.3. The van der Waals surface area contributed by atoms with Gasteiger partial charge in [-0.3, -0.25) is 14.2 Å². The van der Waals surface area contributed by atoms with Crippen LogP contribution in [0.1, 0.15) is 335 Å². The van der Waals surface area contributed by atoms with Crippen molar-refractivity contribution in [1.82, 2.24) is 0 Å². The van der Waals surface area contributed by atoms with E-state index in [9.17, 15) is 19.0 Å². The molecule has 520 valence electrons. The maximum absolute atomic E-state index is 12.9. The van der Waals surface area contributed by atoms with E-state index in [1.165, 1.54) is 212 Å². The summed E-state index contributed by atoms with van der Waals surface area (Å²) in [7, 11) is 1.17. The van der Waals surface area contributed by atoms with Crippen molar-refractivity contribution in [3.05, 3.63) is 109 Å². The number of phosphoric ester groups is 1. The Hall–Kier alpha value is -3.33. The van der Waals surface area contributed by atoms with E-state index in [2.05, 4.69) is 123 Å². The molecule has 0 aromatic carbocycles. The molecular weight excluding hydrogens is 1130 g/mol. The van der Waals surface area contributed by atoms with Crippen molar-refractivity contribution in [3.8, 4) is 0 Å². The minimum atomic E-state index is -4.65. The first-order valence-electron chi connectivity index (χ1n) is 37.6. The summed E-state index contributed by atoms with van der Waals surface area (Å²) in [6.07, 6.45) is 99.0. The number of esters is 2. The van der Waals surface area contributed by atoms with Crippen LogP contribution in [0.15, 0.2) is 109 Å². The number of rotatable bonds is 69. The Bertz CT molecular complexity index is 1890. The Kier molecular flexibility index (Phi) is 67.4. The van der Waals surface area contributed by atoms with Gasteiger partial charge in [0, 0.05) is 12.8 Å². The van der Waals surface area contributed by atoms with E-state index in [0.717, 1.165) is 89.9 Å². The quantitative estimate of drug-likeness (QED) is 0.0195. The summed E-state index contributed by atoms with van der Waals surface area (Å²) in [5.74, 6) is -0.823. The number of ether oxygens (including phenoxy) is 2. The number of phosphoric acid groups is 1.